The van der Waals surface area contributed by atoms with E-state index in [9.17, 15) is 22.4 Å². The van der Waals surface area contributed by atoms with E-state index >= 15 is 0 Å². The lowest BCUT2D eigenvalue weighted by atomic mass is 10.0. The number of anilines is 1. The molecule has 32 heavy (non-hydrogen) atoms. The summed E-state index contributed by atoms with van der Waals surface area (Å²) < 4.78 is 40.2. The van der Waals surface area contributed by atoms with Gasteiger partial charge in [0.15, 0.2) is 0 Å². The van der Waals surface area contributed by atoms with Crippen LogP contribution in [0.15, 0.2) is 53.4 Å². The molecule has 0 bridgehead atoms. The molecule has 1 saturated heterocycles. The van der Waals surface area contributed by atoms with E-state index in [4.69, 9.17) is 0 Å². The molecular weight excluding hydrogens is 433 g/mol. The Balaban J connectivity index is 1.50. The number of benzene rings is 2. The molecule has 0 atom stereocenters. The molecule has 2 aromatic carbocycles. The predicted molar refractivity (Wildman–Crippen MR) is 120 cm³/mol. The Morgan fingerprint density at radius 1 is 1.03 bits per heavy atom. The lowest BCUT2D eigenvalue weighted by molar-refractivity contribution is -0.135. The molecule has 3 rings (SSSR count). The van der Waals surface area contributed by atoms with Gasteiger partial charge in [0.25, 0.3) is 10.0 Å². The molecule has 1 fully saturated rings. The smallest absolute Gasteiger partial charge is 0.261 e. The molecule has 1 aliphatic rings. The molecule has 2 N–H and O–H groups in total. The van der Waals surface area contributed by atoms with E-state index < -0.39 is 15.8 Å². The molecule has 9 heteroatoms. The van der Waals surface area contributed by atoms with Gasteiger partial charge in [-0.05, 0) is 54.8 Å². The fraction of sp³-hybridized carbons (Fsp3) is 0.391. The van der Waals surface area contributed by atoms with Crippen LogP contribution in [0.4, 0.5) is 10.1 Å². The van der Waals surface area contributed by atoms with Crippen LogP contribution in [0.5, 0.6) is 0 Å². The zero-order valence-corrected chi connectivity index (χ0v) is 19.0. The topological polar surface area (TPSA) is 95.6 Å². The van der Waals surface area contributed by atoms with Crippen LogP contribution in [0.25, 0.3) is 0 Å². The Hall–Kier alpha value is -2.94. The first-order valence-electron chi connectivity index (χ1n) is 10.6. The van der Waals surface area contributed by atoms with Crippen molar-refractivity contribution in [2.75, 3.05) is 17.8 Å². The summed E-state index contributed by atoms with van der Waals surface area (Å²) in [4.78, 5) is 26.3. The Labute approximate surface area is 188 Å². The molecule has 2 amide bonds. The fourth-order valence-electron chi connectivity index (χ4n) is 3.59. The van der Waals surface area contributed by atoms with Gasteiger partial charge in [0.05, 0.1) is 11.3 Å². The van der Waals surface area contributed by atoms with Crippen molar-refractivity contribution < 1.29 is 22.4 Å². The van der Waals surface area contributed by atoms with Gasteiger partial charge in [-0.3, -0.25) is 14.3 Å². The summed E-state index contributed by atoms with van der Waals surface area (Å²) in [5.74, 6) is -0.506. The van der Waals surface area contributed by atoms with Crippen LogP contribution in [0, 0.1) is 11.7 Å². The fourth-order valence-corrected chi connectivity index (χ4v) is 4.65. The number of amides is 2. The number of nitrogens with zero attached hydrogens (tertiary/aromatic N) is 1. The first kappa shape index (κ1) is 23.7. The Bertz CT molecular complexity index is 1050. The van der Waals surface area contributed by atoms with E-state index in [-0.39, 0.29) is 35.1 Å². The van der Waals surface area contributed by atoms with Gasteiger partial charge in [0, 0.05) is 30.7 Å². The van der Waals surface area contributed by atoms with Gasteiger partial charge in [0.2, 0.25) is 11.8 Å². The first-order chi connectivity index (χ1) is 15.1. The molecular formula is C23H28FN3O4S. The predicted octanol–water partition coefficient (Wildman–Crippen LogP) is 2.93. The average molecular weight is 462 g/mol. The highest BCUT2D eigenvalue weighted by molar-refractivity contribution is 7.92. The summed E-state index contributed by atoms with van der Waals surface area (Å²) in [5, 5.41) is 3.02. The van der Waals surface area contributed by atoms with Gasteiger partial charge < -0.3 is 10.2 Å². The van der Waals surface area contributed by atoms with Crippen LogP contribution in [0.3, 0.4) is 0 Å². The van der Waals surface area contributed by atoms with Gasteiger partial charge in [-0.15, -0.1) is 0 Å². The van der Waals surface area contributed by atoms with E-state index in [1.165, 1.54) is 12.1 Å². The van der Waals surface area contributed by atoms with Crippen LogP contribution in [-0.2, 0) is 26.0 Å². The molecule has 0 aromatic heterocycles. The maximum atomic E-state index is 13.0. The lowest BCUT2D eigenvalue weighted by Gasteiger charge is -2.33. The maximum Gasteiger partial charge on any atom is 0.261 e. The van der Waals surface area contributed by atoms with Crippen LogP contribution < -0.4 is 10.0 Å². The van der Waals surface area contributed by atoms with E-state index in [0.29, 0.717) is 18.8 Å². The molecule has 7 nitrogen and oxygen atoms in total. The molecule has 0 aliphatic carbocycles. The Morgan fingerprint density at radius 3 is 2.19 bits per heavy atom. The van der Waals surface area contributed by atoms with E-state index in [0.717, 1.165) is 30.5 Å². The minimum Gasteiger partial charge on any atom is -0.353 e. The normalized spacial score (nSPS) is 14.9. The largest absolute Gasteiger partial charge is 0.353 e. The van der Waals surface area contributed by atoms with Crippen molar-refractivity contribution in [3.8, 4) is 0 Å². The van der Waals surface area contributed by atoms with Crippen molar-refractivity contribution >= 4 is 27.5 Å². The second kappa shape index (κ2) is 10.1. The number of piperidine rings is 1. The Morgan fingerprint density at radius 2 is 1.62 bits per heavy atom. The van der Waals surface area contributed by atoms with Gasteiger partial charge in [-0.2, -0.15) is 0 Å². The van der Waals surface area contributed by atoms with Gasteiger partial charge in [-0.1, -0.05) is 26.0 Å². The summed E-state index contributed by atoms with van der Waals surface area (Å²) in [5.41, 5.74) is 1.10. The third kappa shape index (κ3) is 6.29. The summed E-state index contributed by atoms with van der Waals surface area (Å²) in [6.07, 6.45) is 1.64. The Kier molecular flexibility index (Phi) is 7.50. The minimum absolute atomic E-state index is 0.0238. The molecule has 0 spiro atoms. The van der Waals surface area contributed by atoms with E-state index in [1.54, 1.807) is 24.3 Å². The number of sulfonamides is 1. The highest BCUT2D eigenvalue weighted by atomic mass is 32.2. The quantitative estimate of drug-likeness (QED) is 0.663. The van der Waals surface area contributed by atoms with Gasteiger partial charge >= 0.3 is 0 Å². The number of carbonyl (C=O) groups is 2. The second-order valence-corrected chi connectivity index (χ2v) is 9.94. The average Bonchev–Trinajstić information content (AvgIpc) is 2.75. The van der Waals surface area contributed by atoms with Crippen LogP contribution >= 0.6 is 0 Å². The zero-order chi connectivity index (χ0) is 23.3. The summed E-state index contributed by atoms with van der Waals surface area (Å²) in [6, 6.07) is 11.1. The van der Waals surface area contributed by atoms with Crippen molar-refractivity contribution in [1.29, 1.82) is 0 Å². The monoisotopic (exact) mass is 461 g/mol. The van der Waals surface area contributed by atoms with Crippen molar-refractivity contribution in [3.63, 3.8) is 0 Å². The number of carbonyl (C=O) groups excluding carboxylic acids is 2. The standard InChI is InChI=1S/C23H28FN3O4S/c1-16(2)23(29)27-13-11-19(12-14-27)25-22(28)15-17-3-7-20(8-4-17)26-32(30,31)21-9-5-18(24)6-10-21/h3-10,16,19,26H,11-15H2,1-2H3,(H,25,28). The summed E-state index contributed by atoms with van der Waals surface area (Å²) in [6.45, 7) is 5.06. The number of halogens is 1. The molecule has 2 aromatic rings. The molecule has 0 saturated carbocycles. The first-order valence-corrected chi connectivity index (χ1v) is 12.1. The third-order valence-electron chi connectivity index (χ3n) is 5.36. The van der Waals surface area contributed by atoms with Crippen molar-refractivity contribution in [2.45, 2.75) is 44.0 Å². The molecule has 1 aliphatic heterocycles. The number of hydrogen-bond donors (Lipinski definition) is 2. The maximum absolute atomic E-state index is 13.0. The number of hydrogen-bond acceptors (Lipinski definition) is 4. The van der Waals surface area contributed by atoms with Crippen molar-refractivity contribution in [2.24, 2.45) is 5.92 Å². The van der Waals surface area contributed by atoms with Gasteiger partial charge in [0.1, 0.15) is 5.82 Å². The molecule has 172 valence electrons. The number of nitrogens with one attached hydrogen (secondary N) is 2. The number of likely N-dealkylation sites (tertiary alicyclic amines) is 1. The van der Waals surface area contributed by atoms with Crippen LogP contribution in [0.1, 0.15) is 32.3 Å². The lowest BCUT2D eigenvalue weighted by Crippen LogP contribution is -2.47. The molecule has 1 heterocycles. The van der Waals surface area contributed by atoms with Crippen molar-refractivity contribution in [1.82, 2.24) is 10.2 Å². The van der Waals surface area contributed by atoms with Crippen LogP contribution in [0.2, 0.25) is 0 Å². The summed E-state index contributed by atoms with van der Waals surface area (Å²) >= 11 is 0. The molecule has 0 unspecified atom stereocenters. The SMILES string of the molecule is CC(C)C(=O)N1CCC(NC(=O)Cc2ccc(NS(=O)(=O)c3ccc(F)cc3)cc2)CC1. The van der Waals surface area contributed by atoms with E-state index in [2.05, 4.69) is 10.0 Å². The highest BCUT2D eigenvalue weighted by Crippen LogP contribution is 2.18. The van der Waals surface area contributed by atoms with Gasteiger partial charge in [-0.25, -0.2) is 12.8 Å². The highest BCUT2D eigenvalue weighted by Gasteiger charge is 2.25. The third-order valence-corrected chi connectivity index (χ3v) is 6.76. The second-order valence-electron chi connectivity index (χ2n) is 8.25. The minimum atomic E-state index is -3.83. The van der Waals surface area contributed by atoms with Crippen LogP contribution in [-0.4, -0.2) is 44.3 Å². The summed E-state index contributed by atoms with van der Waals surface area (Å²) in [7, 11) is -3.83. The van der Waals surface area contributed by atoms with Crippen molar-refractivity contribution in [3.05, 3.63) is 59.9 Å². The zero-order valence-electron chi connectivity index (χ0n) is 18.2. The number of rotatable bonds is 7. The molecule has 0 radical (unpaired) electrons. The van der Waals surface area contributed by atoms with E-state index in [1.807, 2.05) is 18.7 Å².